The highest BCUT2D eigenvalue weighted by Gasteiger charge is 2.29. The zero-order chi connectivity index (χ0) is 13.1. The highest BCUT2D eigenvalue weighted by atomic mass is 32.1. The summed E-state index contributed by atoms with van der Waals surface area (Å²) >= 11 is 1.79. The van der Waals surface area contributed by atoms with Gasteiger partial charge in [0.05, 0.1) is 12.0 Å². The molecule has 0 spiro atoms. The van der Waals surface area contributed by atoms with Gasteiger partial charge >= 0.3 is 0 Å². The number of piperidine rings is 1. The van der Waals surface area contributed by atoms with Gasteiger partial charge in [-0.25, -0.2) is 0 Å². The lowest BCUT2D eigenvalue weighted by Gasteiger charge is -2.36. The molecule has 18 heavy (non-hydrogen) atoms. The molecule has 1 saturated heterocycles. The Hall–Kier alpha value is -0.910. The van der Waals surface area contributed by atoms with Crippen molar-refractivity contribution in [3.05, 3.63) is 21.9 Å². The van der Waals surface area contributed by atoms with Gasteiger partial charge in [0, 0.05) is 22.8 Å². The average Bonchev–Trinajstić information content (AvgIpc) is 2.77. The van der Waals surface area contributed by atoms with Crippen molar-refractivity contribution in [2.75, 3.05) is 19.6 Å². The van der Waals surface area contributed by atoms with Gasteiger partial charge in [-0.05, 0) is 38.4 Å². The molecular weight excluding hydrogens is 246 g/mol. The molecule has 4 nitrogen and oxygen atoms in total. The zero-order valence-corrected chi connectivity index (χ0v) is 11.6. The summed E-state index contributed by atoms with van der Waals surface area (Å²) in [6, 6.07) is 4.50. The summed E-state index contributed by atoms with van der Waals surface area (Å²) in [7, 11) is 0. The van der Waals surface area contributed by atoms with Crippen molar-refractivity contribution in [2.45, 2.75) is 25.8 Å². The number of hydrogen-bond donors (Lipinski definition) is 2. The Bertz CT molecular complexity index is 418. The average molecular weight is 267 g/mol. The predicted octanol–water partition coefficient (Wildman–Crippen LogP) is 1.25. The number of likely N-dealkylation sites (tertiary alicyclic amines) is 1. The van der Waals surface area contributed by atoms with Gasteiger partial charge in [0.1, 0.15) is 0 Å². The molecule has 1 aliphatic rings. The van der Waals surface area contributed by atoms with Crippen LogP contribution in [0.3, 0.4) is 0 Å². The van der Waals surface area contributed by atoms with E-state index in [2.05, 4.69) is 24.0 Å². The van der Waals surface area contributed by atoms with Crippen LogP contribution in [0.5, 0.6) is 0 Å². The number of primary amides is 1. The summed E-state index contributed by atoms with van der Waals surface area (Å²) in [5.74, 6) is -0.202. The third-order valence-corrected chi connectivity index (χ3v) is 4.71. The van der Waals surface area contributed by atoms with E-state index in [1.165, 1.54) is 9.75 Å². The molecule has 2 heterocycles. The Morgan fingerprint density at radius 3 is 2.94 bits per heavy atom. The second-order valence-electron chi connectivity index (χ2n) is 4.94. The first-order chi connectivity index (χ1) is 8.61. The summed E-state index contributed by atoms with van der Waals surface area (Å²) in [5.41, 5.74) is 11.3. The maximum absolute atomic E-state index is 11.3. The molecule has 1 aromatic heterocycles. The molecular formula is C13H21N3OS. The van der Waals surface area contributed by atoms with Crippen molar-refractivity contribution < 1.29 is 4.79 Å². The minimum atomic E-state index is -0.183. The number of nitrogens with zero attached hydrogens (tertiary/aromatic N) is 1. The van der Waals surface area contributed by atoms with Gasteiger partial charge in [0.2, 0.25) is 5.91 Å². The van der Waals surface area contributed by atoms with Crippen molar-refractivity contribution in [2.24, 2.45) is 17.4 Å². The van der Waals surface area contributed by atoms with Gasteiger partial charge in [0.25, 0.3) is 0 Å². The number of carbonyl (C=O) groups excluding carboxylic acids is 1. The predicted molar refractivity (Wildman–Crippen MR) is 74.3 cm³/mol. The monoisotopic (exact) mass is 267 g/mol. The highest BCUT2D eigenvalue weighted by Crippen LogP contribution is 2.30. The number of rotatable bonds is 4. The van der Waals surface area contributed by atoms with Crippen LogP contribution in [-0.4, -0.2) is 30.4 Å². The smallest absolute Gasteiger partial charge is 0.221 e. The van der Waals surface area contributed by atoms with Gasteiger partial charge in [-0.2, -0.15) is 0 Å². The quantitative estimate of drug-likeness (QED) is 0.862. The molecule has 1 fully saturated rings. The third-order valence-electron chi connectivity index (χ3n) is 3.61. The molecule has 1 aromatic rings. The van der Waals surface area contributed by atoms with Crippen LogP contribution in [0.15, 0.2) is 12.1 Å². The molecule has 0 radical (unpaired) electrons. The normalized spacial score (nSPS) is 22.9. The Balaban J connectivity index is 2.10. The van der Waals surface area contributed by atoms with Gasteiger partial charge in [-0.3, -0.25) is 9.69 Å². The molecule has 0 saturated carbocycles. The van der Waals surface area contributed by atoms with E-state index in [4.69, 9.17) is 11.5 Å². The largest absolute Gasteiger partial charge is 0.369 e. The SMILES string of the molecule is Cc1ccc(C(CN)N2CCCC(C(N)=O)C2)s1. The molecule has 100 valence electrons. The van der Waals surface area contributed by atoms with E-state index in [0.717, 1.165) is 25.9 Å². The minimum Gasteiger partial charge on any atom is -0.369 e. The van der Waals surface area contributed by atoms with E-state index in [0.29, 0.717) is 6.54 Å². The van der Waals surface area contributed by atoms with Crippen LogP contribution in [0.2, 0.25) is 0 Å². The van der Waals surface area contributed by atoms with Crippen molar-refractivity contribution in [3.8, 4) is 0 Å². The minimum absolute atomic E-state index is 0.0196. The first kappa shape index (κ1) is 13.5. The number of carbonyl (C=O) groups is 1. The fourth-order valence-electron chi connectivity index (χ4n) is 2.60. The number of aryl methyl sites for hydroxylation is 1. The van der Waals surface area contributed by atoms with E-state index in [1.807, 2.05) is 0 Å². The van der Waals surface area contributed by atoms with E-state index in [9.17, 15) is 4.79 Å². The van der Waals surface area contributed by atoms with E-state index in [1.54, 1.807) is 11.3 Å². The summed E-state index contributed by atoms with van der Waals surface area (Å²) < 4.78 is 0. The van der Waals surface area contributed by atoms with Gasteiger partial charge < -0.3 is 11.5 Å². The number of amides is 1. The number of thiophene rings is 1. The Kier molecular flexibility index (Phi) is 4.37. The first-order valence-corrected chi connectivity index (χ1v) is 7.23. The zero-order valence-electron chi connectivity index (χ0n) is 10.8. The third kappa shape index (κ3) is 2.91. The standard InChI is InChI=1S/C13H21N3OS/c1-9-4-5-12(18-9)11(7-14)16-6-2-3-10(8-16)13(15)17/h4-5,10-11H,2-3,6-8,14H2,1H3,(H2,15,17). The molecule has 2 unspecified atom stereocenters. The molecule has 0 aliphatic carbocycles. The van der Waals surface area contributed by atoms with Crippen molar-refractivity contribution >= 4 is 17.2 Å². The van der Waals surface area contributed by atoms with Crippen LogP contribution in [-0.2, 0) is 4.79 Å². The summed E-state index contributed by atoms with van der Waals surface area (Å²) in [6.07, 6.45) is 1.93. The number of nitrogens with two attached hydrogens (primary N) is 2. The second-order valence-corrected chi connectivity index (χ2v) is 6.26. The molecule has 0 aromatic carbocycles. The Morgan fingerprint density at radius 1 is 1.61 bits per heavy atom. The highest BCUT2D eigenvalue weighted by molar-refractivity contribution is 7.12. The van der Waals surface area contributed by atoms with Crippen LogP contribution in [0.4, 0.5) is 0 Å². The van der Waals surface area contributed by atoms with Gasteiger partial charge in [0.15, 0.2) is 0 Å². The maximum atomic E-state index is 11.3. The van der Waals surface area contributed by atoms with Crippen molar-refractivity contribution in [1.29, 1.82) is 0 Å². The Morgan fingerprint density at radius 2 is 2.39 bits per heavy atom. The second kappa shape index (κ2) is 5.82. The lowest BCUT2D eigenvalue weighted by Crippen LogP contribution is -2.44. The van der Waals surface area contributed by atoms with Gasteiger partial charge in [-0.1, -0.05) is 0 Å². The molecule has 0 bridgehead atoms. The Labute approximate surface area is 112 Å². The van der Waals surface area contributed by atoms with Crippen LogP contribution in [0.25, 0.3) is 0 Å². The molecule has 1 aliphatic heterocycles. The molecule has 5 heteroatoms. The van der Waals surface area contributed by atoms with Crippen molar-refractivity contribution in [1.82, 2.24) is 4.90 Å². The fourth-order valence-corrected chi connectivity index (χ4v) is 3.62. The molecule has 1 amide bonds. The number of hydrogen-bond acceptors (Lipinski definition) is 4. The van der Waals surface area contributed by atoms with Crippen LogP contribution in [0.1, 0.15) is 28.6 Å². The fraction of sp³-hybridized carbons (Fsp3) is 0.615. The summed E-state index contributed by atoms with van der Waals surface area (Å²) in [5, 5.41) is 0. The van der Waals surface area contributed by atoms with E-state index in [-0.39, 0.29) is 17.9 Å². The van der Waals surface area contributed by atoms with Crippen LogP contribution in [0, 0.1) is 12.8 Å². The van der Waals surface area contributed by atoms with E-state index < -0.39 is 0 Å². The topological polar surface area (TPSA) is 72.3 Å². The lowest BCUT2D eigenvalue weighted by molar-refractivity contribution is -0.123. The summed E-state index contributed by atoms with van der Waals surface area (Å²) in [6.45, 7) is 4.44. The maximum Gasteiger partial charge on any atom is 0.221 e. The van der Waals surface area contributed by atoms with Crippen molar-refractivity contribution in [3.63, 3.8) is 0 Å². The van der Waals surface area contributed by atoms with Crippen LogP contribution >= 0.6 is 11.3 Å². The first-order valence-electron chi connectivity index (χ1n) is 6.41. The van der Waals surface area contributed by atoms with Gasteiger partial charge in [-0.15, -0.1) is 11.3 Å². The van der Waals surface area contributed by atoms with Crippen LogP contribution < -0.4 is 11.5 Å². The molecule has 2 rings (SSSR count). The van der Waals surface area contributed by atoms with E-state index >= 15 is 0 Å². The molecule has 2 atom stereocenters. The molecule has 4 N–H and O–H groups in total. The lowest BCUT2D eigenvalue weighted by atomic mass is 9.96. The summed E-state index contributed by atoms with van der Waals surface area (Å²) in [4.78, 5) is 16.2.